The minimum Gasteiger partial charge on any atom is -0.381 e. The van der Waals surface area contributed by atoms with Gasteiger partial charge < -0.3 is 15.4 Å². The maximum atomic E-state index is 12.3. The molecule has 2 heterocycles. The molecule has 1 saturated heterocycles. The molecule has 1 atom stereocenters. The van der Waals surface area contributed by atoms with E-state index in [4.69, 9.17) is 4.74 Å². The zero-order valence-electron chi connectivity index (χ0n) is 15.7. The zero-order valence-corrected chi connectivity index (χ0v) is 19.6. The van der Waals surface area contributed by atoms with Crippen LogP contribution in [0.4, 0.5) is 0 Å². The van der Waals surface area contributed by atoms with Crippen molar-refractivity contribution in [3.05, 3.63) is 22.4 Å². The smallest absolute Gasteiger partial charge is 0.191 e. The standard InChI is InChI=1S/C17H29N3O3S2.HI/c1-14(11-15-5-4-10-24-15)12-19-16(18-2)20-13-17(25(3,21)22)6-8-23-9-7-17;/h4-5,10,14H,6-9,11-13H2,1-3H3,(H2,18,19,20);1H. The fraction of sp³-hybridized carbons (Fsp3) is 0.706. The maximum absolute atomic E-state index is 12.3. The summed E-state index contributed by atoms with van der Waals surface area (Å²) in [5.74, 6) is 1.11. The fourth-order valence-corrected chi connectivity index (χ4v) is 5.12. The summed E-state index contributed by atoms with van der Waals surface area (Å²) < 4.78 is 29.2. The highest BCUT2D eigenvalue weighted by Crippen LogP contribution is 2.28. The van der Waals surface area contributed by atoms with Crippen LogP contribution in [0.1, 0.15) is 24.6 Å². The molecular formula is C17H30IN3O3S2. The van der Waals surface area contributed by atoms with Gasteiger partial charge in [-0.05, 0) is 36.6 Å². The van der Waals surface area contributed by atoms with E-state index in [0.29, 0.717) is 44.5 Å². The Morgan fingerprint density at radius 2 is 2.08 bits per heavy atom. The molecule has 0 spiro atoms. The Morgan fingerprint density at radius 3 is 2.62 bits per heavy atom. The van der Waals surface area contributed by atoms with E-state index in [1.54, 1.807) is 18.4 Å². The summed E-state index contributed by atoms with van der Waals surface area (Å²) in [6.45, 7) is 4.30. The van der Waals surface area contributed by atoms with Crippen molar-refractivity contribution < 1.29 is 13.2 Å². The maximum Gasteiger partial charge on any atom is 0.191 e. The van der Waals surface area contributed by atoms with E-state index in [0.717, 1.165) is 13.0 Å². The number of ether oxygens (including phenoxy) is 1. The first-order chi connectivity index (χ1) is 11.9. The van der Waals surface area contributed by atoms with Crippen LogP contribution >= 0.6 is 35.3 Å². The highest BCUT2D eigenvalue weighted by molar-refractivity contribution is 14.0. The van der Waals surface area contributed by atoms with Gasteiger partial charge in [-0.1, -0.05) is 13.0 Å². The SMILES string of the molecule is CN=C(NCC(C)Cc1cccs1)NCC1(S(C)(=O)=O)CCOCC1.I. The lowest BCUT2D eigenvalue weighted by molar-refractivity contribution is 0.0756. The number of guanidine groups is 1. The topological polar surface area (TPSA) is 79.8 Å². The predicted molar refractivity (Wildman–Crippen MR) is 120 cm³/mol. The monoisotopic (exact) mass is 515 g/mol. The Labute approximate surface area is 178 Å². The summed E-state index contributed by atoms with van der Waals surface area (Å²) in [7, 11) is -1.48. The van der Waals surface area contributed by atoms with E-state index in [1.807, 2.05) is 0 Å². The first kappa shape index (κ1) is 23.6. The summed E-state index contributed by atoms with van der Waals surface area (Å²) in [6, 6.07) is 4.22. The molecule has 9 heteroatoms. The third-order valence-electron chi connectivity index (χ3n) is 4.74. The number of thiophene rings is 1. The number of halogens is 1. The lowest BCUT2D eigenvalue weighted by Gasteiger charge is -2.35. The van der Waals surface area contributed by atoms with Gasteiger partial charge in [0.05, 0.1) is 4.75 Å². The first-order valence-electron chi connectivity index (χ1n) is 8.60. The zero-order chi connectivity index (χ0) is 18.3. The molecule has 2 rings (SSSR count). The minimum absolute atomic E-state index is 0. The van der Waals surface area contributed by atoms with Gasteiger partial charge in [-0.2, -0.15) is 0 Å². The average molecular weight is 515 g/mol. The molecule has 1 unspecified atom stereocenters. The van der Waals surface area contributed by atoms with Crippen molar-refractivity contribution in [1.29, 1.82) is 0 Å². The van der Waals surface area contributed by atoms with E-state index in [9.17, 15) is 8.42 Å². The second-order valence-corrected chi connectivity index (χ2v) is 10.2. The molecule has 150 valence electrons. The van der Waals surface area contributed by atoms with Crippen LogP contribution in [-0.4, -0.2) is 58.7 Å². The molecule has 0 saturated carbocycles. The van der Waals surface area contributed by atoms with Gasteiger partial charge in [0, 0.05) is 44.5 Å². The van der Waals surface area contributed by atoms with Gasteiger partial charge in [0.1, 0.15) is 0 Å². The Balaban J connectivity index is 0.00000338. The Hall–Kier alpha value is -0.390. The predicted octanol–water partition coefficient (Wildman–Crippen LogP) is 2.30. The van der Waals surface area contributed by atoms with Gasteiger partial charge in [0.2, 0.25) is 0 Å². The van der Waals surface area contributed by atoms with E-state index in [1.165, 1.54) is 11.1 Å². The molecule has 0 bridgehead atoms. The van der Waals surface area contributed by atoms with Crippen molar-refractivity contribution >= 4 is 51.1 Å². The van der Waals surface area contributed by atoms with Gasteiger partial charge >= 0.3 is 0 Å². The molecule has 1 aromatic rings. The quantitative estimate of drug-likeness (QED) is 0.331. The largest absolute Gasteiger partial charge is 0.381 e. The van der Waals surface area contributed by atoms with E-state index >= 15 is 0 Å². The van der Waals surface area contributed by atoms with Crippen LogP contribution in [0, 0.1) is 5.92 Å². The van der Waals surface area contributed by atoms with Crippen molar-refractivity contribution in [3.63, 3.8) is 0 Å². The van der Waals surface area contributed by atoms with Gasteiger partial charge in [-0.15, -0.1) is 35.3 Å². The number of nitrogens with zero attached hydrogens (tertiary/aromatic N) is 1. The normalized spacial score (nSPS) is 18.7. The summed E-state index contributed by atoms with van der Waals surface area (Å²) in [5, 5.41) is 8.61. The Morgan fingerprint density at radius 1 is 1.38 bits per heavy atom. The molecule has 1 fully saturated rings. The Kier molecular flexibility index (Phi) is 9.84. The molecule has 1 aliphatic heterocycles. The molecule has 26 heavy (non-hydrogen) atoms. The van der Waals surface area contributed by atoms with Crippen LogP contribution < -0.4 is 10.6 Å². The number of rotatable bonds is 7. The molecule has 0 radical (unpaired) electrons. The Bertz CT molecular complexity index is 657. The highest BCUT2D eigenvalue weighted by Gasteiger charge is 2.42. The van der Waals surface area contributed by atoms with Crippen LogP contribution in [0.3, 0.4) is 0 Å². The molecule has 2 N–H and O–H groups in total. The molecule has 0 amide bonds. The number of aliphatic imine (C=N–C) groups is 1. The summed E-state index contributed by atoms with van der Waals surface area (Å²) in [6.07, 6.45) is 3.38. The first-order valence-corrected chi connectivity index (χ1v) is 11.4. The minimum atomic E-state index is -3.18. The van der Waals surface area contributed by atoms with Crippen LogP contribution in [-0.2, 0) is 21.0 Å². The number of hydrogen-bond acceptors (Lipinski definition) is 5. The number of sulfone groups is 1. The highest BCUT2D eigenvalue weighted by atomic mass is 127. The second kappa shape index (κ2) is 10.8. The number of nitrogens with one attached hydrogen (secondary N) is 2. The van der Waals surface area contributed by atoms with Crippen molar-refractivity contribution in [2.75, 3.05) is 39.6 Å². The molecule has 1 aliphatic rings. The van der Waals surface area contributed by atoms with Crippen molar-refractivity contribution in [2.45, 2.75) is 30.9 Å². The van der Waals surface area contributed by atoms with Gasteiger partial charge in [-0.3, -0.25) is 4.99 Å². The van der Waals surface area contributed by atoms with E-state index in [-0.39, 0.29) is 24.0 Å². The van der Waals surface area contributed by atoms with Crippen molar-refractivity contribution in [1.82, 2.24) is 10.6 Å². The molecule has 0 aromatic carbocycles. The van der Waals surface area contributed by atoms with Crippen molar-refractivity contribution in [2.24, 2.45) is 10.9 Å². The summed E-state index contributed by atoms with van der Waals surface area (Å²) >= 11 is 1.77. The molecular weight excluding hydrogens is 485 g/mol. The number of hydrogen-bond donors (Lipinski definition) is 2. The fourth-order valence-electron chi connectivity index (χ4n) is 3.00. The average Bonchev–Trinajstić information content (AvgIpc) is 3.07. The van der Waals surface area contributed by atoms with Crippen LogP contribution in [0.5, 0.6) is 0 Å². The van der Waals surface area contributed by atoms with Gasteiger partial charge in [-0.25, -0.2) is 8.42 Å². The van der Waals surface area contributed by atoms with E-state index in [2.05, 4.69) is 40.1 Å². The van der Waals surface area contributed by atoms with Gasteiger partial charge in [0.25, 0.3) is 0 Å². The lowest BCUT2D eigenvalue weighted by Crippen LogP contribution is -2.54. The second-order valence-electron chi connectivity index (χ2n) is 6.76. The van der Waals surface area contributed by atoms with Crippen LogP contribution in [0.25, 0.3) is 0 Å². The molecule has 6 nitrogen and oxygen atoms in total. The van der Waals surface area contributed by atoms with E-state index < -0.39 is 14.6 Å². The van der Waals surface area contributed by atoms with Crippen LogP contribution in [0.2, 0.25) is 0 Å². The lowest BCUT2D eigenvalue weighted by atomic mass is 9.99. The summed E-state index contributed by atoms with van der Waals surface area (Å²) in [4.78, 5) is 5.60. The van der Waals surface area contributed by atoms with Crippen molar-refractivity contribution in [3.8, 4) is 0 Å². The molecule has 1 aromatic heterocycles. The van der Waals surface area contributed by atoms with Gasteiger partial charge in [0.15, 0.2) is 15.8 Å². The third kappa shape index (κ3) is 6.65. The third-order valence-corrected chi connectivity index (χ3v) is 7.76. The summed E-state index contributed by atoms with van der Waals surface area (Å²) in [5.41, 5.74) is 0. The molecule has 0 aliphatic carbocycles. The van der Waals surface area contributed by atoms with Crippen LogP contribution in [0.15, 0.2) is 22.5 Å².